The van der Waals surface area contributed by atoms with Crippen molar-refractivity contribution in [2.24, 2.45) is 0 Å². The highest BCUT2D eigenvalue weighted by Gasteiger charge is 2.22. The Morgan fingerprint density at radius 2 is 1.89 bits per heavy atom. The van der Waals surface area contributed by atoms with E-state index < -0.39 is 4.92 Å². The molecule has 94 valence electrons. The van der Waals surface area contributed by atoms with Crippen LogP contribution in [0.3, 0.4) is 0 Å². The van der Waals surface area contributed by atoms with Crippen LogP contribution < -0.4 is 5.32 Å². The van der Waals surface area contributed by atoms with E-state index in [9.17, 15) is 14.9 Å². The number of amides is 1. The first kappa shape index (κ1) is 11.7. The van der Waals surface area contributed by atoms with Crippen LogP contribution in [-0.4, -0.2) is 10.8 Å². The monoisotopic (exact) mass is 272 g/mol. The normalized spacial score (nSPS) is 12.9. The van der Waals surface area contributed by atoms with Gasteiger partial charge in [-0.25, -0.2) is 0 Å². The van der Waals surface area contributed by atoms with Gasteiger partial charge < -0.3 is 5.32 Å². The third kappa shape index (κ3) is 2.06. The van der Waals surface area contributed by atoms with Crippen molar-refractivity contribution in [3.05, 3.63) is 58.1 Å². The Hall–Kier alpha value is -2.34. The molecule has 0 saturated heterocycles. The zero-order chi connectivity index (χ0) is 13.4. The van der Waals surface area contributed by atoms with Crippen molar-refractivity contribution in [3.63, 3.8) is 0 Å². The van der Waals surface area contributed by atoms with Gasteiger partial charge in [-0.3, -0.25) is 14.9 Å². The van der Waals surface area contributed by atoms with Crippen LogP contribution >= 0.6 is 11.8 Å². The molecule has 3 rings (SSSR count). The van der Waals surface area contributed by atoms with Crippen LogP contribution in [0.1, 0.15) is 10.4 Å². The van der Waals surface area contributed by atoms with E-state index in [1.807, 2.05) is 18.2 Å². The predicted molar refractivity (Wildman–Crippen MR) is 71.6 cm³/mol. The lowest BCUT2D eigenvalue weighted by molar-refractivity contribution is -0.384. The smallest absolute Gasteiger partial charge is 0.270 e. The molecule has 1 amide bonds. The van der Waals surface area contributed by atoms with Gasteiger partial charge in [-0.1, -0.05) is 23.9 Å². The van der Waals surface area contributed by atoms with Gasteiger partial charge >= 0.3 is 0 Å². The maximum Gasteiger partial charge on any atom is 0.270 e. The summed E-state index contributed by atoms with van der Waals surface area (Å²) in [5.74, 6) is -0.323. The summed E-state index contributed by atoms with van der Waals surface area (Å²) in [6.07, 6.45) is 0. The molecule has 2 aromatic rings. The molecule has 1 heterocycles. The first-order valence-electron chi connectivity index (χ1n) is 5.52. The lowest BCUT2D eigenvalue weighted by Crippen LogP contribution is -2.11. The van der Waals surface area contributed by atoms with Crippen molar-refractivity contribution in [3.8, 4) is 0 Å². The van der Waals surface area contributed by atoms with Crippen molar-refractivity contribution in [2.45, 2.75) is 9.79 Å². The summed E-state index contributed by atoms with van der Waals surface area (Å²) < 4.78 is 0. The zero-order valence-corrected chi connectivity index (χ0v) is 10.4. The standard InChI is InChI=1S/C13H8N2O3S/c16-13-9-7-8(15(17)18)5-6-11(9)19-12-4-2-1-3-10(12)14-13/h1-7H,(H,14,16). The Labute approximate surface area is 112 Å². The maximum absolute atomic E-state index is 12.1. The third-order valence-corrected chi connectivity index (χ3v) is 3.93. The van der Waals surface area contributed by atoms with Crippen molar-refractivity contribution in [1.29, 1.82) is 0 Å². The maximum atomic E-state index is 12.1. The van der Waals surface area contributed by atoms with Crippen LogP contribution in [-0.2, 0) is 0 Å². The second kappa shape index (κ2) is 4.40. The average Bonchev–Trinajstić information content (AvgIpc) is 2.54. The quantitative estimate of drug-likeness (QED) is 0.638. The fourth-order valence-corrected chi connectivity index (χ4v) is 2.88. The first-order chi connectivity index (χ1) is 9.15. The molecule has 1 N–H and O–H groups in total. The van der Waals surface area contributed by atoms with E-state index in [1.54, 1.807) is 12.1 Å². The summed E-state index contributed by atoms with van der Waals surface area (Å²) in [5, 5.41) is 13.5. The highest BCUT2D eigenvalue weighted by atomic mass is 32.2. The van der Waals surface area contributed by atoms with Gasteiger partial charge in [0, 0.05) is 21.9 Å². The Balaban J connectivity index is 2.13. The van der Waals surface area contributed by atoms with Crippen LogP contribution in [0.5, 0.6) is 0 Å². The van der Waals surface area contributed by atoms with E-state index in [0.29, 0.717) is 10.5 Å². The molecule has 19 heavy (non-hydrogen) atoms. The first-order valence-corrected chi connectivity index (χ1v) is 6.33. The molecule has 1 aliphatic heterocycles. The number of para-hydroxylation sites is 1. The highest BCUT2D eigenvalue weighted by Crippen LogP contribution is 2.39. The van der Waals surface area contributed by atoms with Gasteiger partial charge in [0.2, 0.25) is 0 Å². The van der Waals surface area contributed by atoms with E-state index >= 15 is 0 Å². The topological polar surface area (TPSA) is 72.2 Å². The molecule has 0 spiro atoms. The molecule has 2 aromatic carbocycles. The lowest BCUT2D eigenvalue weighted by Gasteiger charge is -2.03. The van der Waals surface area contributed by atoms with E-state index in [-0.39, 0.29) is 11.6 Å². The summed E-state index contributed by atoms with van der Waals surface area (Å²) >= 11 is 1.42. The zero-order valence-electron chi connectivity index (χ0n) is 9.62. The third-order valence-electron chi connectivity index (χ3n) is 2.77. The van der Waals surface area contributed by atoms with Crippen LogP contribution in [0.15, 0.2) is 52.3 Å². The number of anilines is 1. The van der Waals surface area contributed by atoms with Gasteiger partial charge in [0.1, 0.15) is 0 Å². The number of nitrogens with zero attached hydrogens (tertiary/aromatic N) is 1. The molecule has 0 aromatic heterocycles. The van der Waals surface area contributed by atoms with Gasteiger partial charge in [0.25, 0.3) is 11.6 Å². The number of carbonyl (C=O) groups excluding carboxylic acids is 1. The van der Waals surface area contributed by atoms with Crippen LogP contribution in [0, 0.1) is 10.1 Å². The number of nitro groups is 1. The number of non-ortho nitro benzene ring substituents is 1. The molecule has 5 nitrogen and oxygen atoms in total. The average molecular weight is 272 g/mol. The van der Waals surface area contributed by atoms with E-state index in [1.165, 1.54) is 23.9 Å². The SMILES string of the molecule is O=C1Nc2ccccc2Sc2ccc([N+](=O)[O-])cc21. The summed E-state index contributed by atoms with van der Waals surface area (Å²) in [4.78, 5) is 24.0. The molecule has 6 heteroatoms. The molecule has 0 radical (unpaired) electrons. The number of hydrogen-bond acceptors (Lipinski definition) is 4. The van der Waals surface area contributed by atoms with Gasteiger partial charge in [-0.2, -0.15) is 0 Å². The molecular weight excluding hydrogens is 264 g/mol. The highest BCUT2D eigenvalue weighted by molar-refractivity contribution is 7.99. The second-order valence-electron chi connectivity index (χ2n) is 3.99. The number of hydrogen-bond donors (Lipinski definition) is 1. The Bertz CT molecular complexity index is 700. The Kier molecular flexibility index (Phi) is 2.72. The van der Waals surface area contributed by atoms with Crippen molar-refractivity contribution in [1.82, 2.24) is 0 Å². The minimum Gasteiger partial charge on any atom is -0.321 e. The summed E-state index contributed by atoms with van der Waals surface area (Å²) in [5.41, 5.74) is 0.965. The molecule has 0 fully saturated rings. The largest absolute Gasteiger partial charge is 0.321 e. The fourth-order valence-electron chi connectivity index (χ4n) is 1.86. The summed E-state index contributed by atoms with van der Waals surface area (Å²) in [7, 11) is 0. The lowest BCUT2D eigenvalue weighted by atomic mass is 10.2. The van der Waals surface area contributed by atoms with Gasteiger partial charge in [-0.15, -0.1) is 0 Å². The number of nitro benzene ring substituents is 1. The summed E-state index contributed by atoms with van der Waals surface area (Å²) in [6, 6.07) is 11.8. The van der Waals surface area contributed by atoms with Gasteiger partial charge in [0.15, 0.2) is 0 Å². The number of benzene rings is 2. The van der Waals surface area contributed by atoms with E-state index in [2.05, 4.69) is 5.32 Å². The molecule has 0 saturated carbocycles. The number of fused-ring (bicyclic) bond motifs is 2. The second-order valence-corrected chi connectivity index (χ2v) is 5.07. The van der Waals surface area contributed by atoms with E-state index in [0.717, 1.165) is 10.6 Å². The number of nitrogens with one attached hydrogen (secondary N) is 1. The minimum absolute atomic E-state index is 0.0829. The van der Waals surface area contributed by atoms with Crippen LogP contribution in [0.2, 0.25) is 0 Å². The fraction of sp³-hybridized carbons (Fsp3) is 0. The molecule has 1 aliphatic rings. The van der Waals surface area contributed by atoms with Crippen molar-refractivity contribution >= 4 is 29.0 Å². The molecule has 0 bridgehead atoms. The van der Waals surface area contributed by atoms with Crippen LogP contribution in [0.4, 0.5) is 11.4 Å². The van der Waals surface area contributed by atoms with Crippen molar-refractivity contribution < 1.29 is 9.72 Å². The number of carbonyl (C=O) groups is 1. The summed E-state index contributed by atoms with van der Waals surface area (Å²) in [6.45, 7) is 0. The number of rotatable bonds is 1. The van der Waals surface area contributed by atoms with Gasteiger partial charge in [0.05, 0.1) is 16.2 Å². The molecule has 0 atom stereocenters. The van der Waals surface area contributed by atoms with Crippen LogP contribution in [0.25, 0.3) is 0 Å². The minimum atomic E-state index is -0.504. The van der Waals surface area contributed by atoms with Gasteiger partial charge in [-0.05, 0) is 18.2 Å². The Morgan fingerprint density at radius 1 is 1.11 bits per heavy atom. The molecule has 0 aliphatic carbocycles. The van der Waals surface area contributed by atoms with E-state index in [4.69, 9.17) is 0 Å². The molecular formula is C13H8N2O3S. The molecule has 0 unspecified atom stereocenters. The van der Waals surface area contributed by atoms with Crippen molar-refractivity contribution in [2.75, 3.05) is 5.32 Å². The Morgan fingerprint density at radius 3 is 2.68 bits per heavy atom. The predicted octanol–water partition coefficient (Wildman–Crippen LogP) is 3.31.